The zero-order valence-electron chi connectivity index (χ0n) is 19.0. The average Bonchev–Trinajstić information content (AvgIpc) is 3.15. The Balaban J connectivity index is 1.28. The first-order chi connectivity index (χ1) is 15.5. The minimum Gasteiger partial charge on any atom is -0.489 e. The number of benzene rings is 1. The van der Waals surface area contributed by atoms with Gasteiger partial charge in [0.05, 0.1) is 17.8 Å². The van der Waals surface area contributed by atoms with E-state index in [4.69, 9.17) is 9.26 Å². The van der Waals surface area contributed by atoms with E-state index in [-0.39, 0.29) is 11.8 Å². The van der Waals surface area contributed by atoms with Crippen molar-refractivity contribution in [2.24, 2.45) is 0 Å². The smallest absolute Gasteiger partial charge is 0.254 e. The maximum Gasteiger partial charge on any atom is 0.254 e. The van der Waals surface area contributed by atoms with Crippen molar-refractivity contribution in [1.82, 2.24) is 19.9 Å². The Morgan fingerprint density at radius 3 is 2.44 bits per heavy atom. The number of nitrogens with zero attached hydrogens (tertiary/aromatic N) is 4. The quantitative estimate of drug-likeness (QED) is 0.687. The molecular weight excluding hydrogens is 408 g/mol. The molecule has 2 amide bonds. The first kappa shape index (κ1) is 22.3. The summed E-state index contributed by atoms with van der Waals surface area (Å²) in [5, 5.41) is 3.94. The molecule has 0 N–H and O–H groups in total. The molecule has 172 valence electrons. The van der Waals surface area contributed by atoms with Crippen molar-refractivity contribution >= 4 is 11.8 Å². The summed E-state index contributed by atoms with van der Waals surface area (Å²) in [7, 11) is 0. The molecule has 2 aliphatic rings. The topological polar surface area (TPSA) is 79.1 Å². The van der Waals surface area contributed by atoms with Gasteiger partial charge in [-0.2, -0.15) is 0 Å². The third-order valence-electron chi connectivity index (χ3n) is 6.37. The zero-order valence-corrected chi connectivity index (χ0v) is 19.0. The monoisotopic (exact) mass is 440 g/mol. The molecule has 4 rings (SSSR count). The lowest BCUT2D eigenvalue weighted by atomic mass is 10.1. The Labute approximate surface area is 189 Å². The molecule has 2 fully saturated rings. The van der Waals surface area contributed by atoms with Crippen LogP contribution in [-0.2, 0) is 11.4 Å². The number of likely N-dealkylation sites (tertiary alicyclic amines) is 1. The number of hydrogen-bond acceptors (Lipinski definition) is 6. The van der Waals surface area contributed by atoms with Gasteiger partial charge in [0.2, 0.25) is 5.91 Å². The van der Waals surface area contributed by atoms with Gasteiger partial charge in [-0.25, -0.2) is 0 Å². The predicted octanol–water partition coefficient (Wildman–Crippen LogP) is 2.64. The minimum absolute atomic E-state index is 0.00482. The summed E-state index contributed by atoms with van der Waals surface area (Å²) in [5.74, 6) is 1.59. The number of hydrogen-bond donors (Lipinski definition) is 0. The fourth-order valence-electron chi connectivity index (χ4n) is 4.31. The van der Waals surface area contributed by atoms with Crippen molar-refractivity contribution in [1.29, 1.82) is 0 Å². The van der Waals surface area contributed by atoms with Crippen LogP contribution in [0.15, 0.2) is 28.8 Å². The fraction of sp³-hybridized carbons (Fsp3) is 0.542. The van der Waals surface area contributed by atoms with Gasteiger partial charge >= 0.3 is 0 Å². The van der Waals surface area contributed by atoms with Gasteiger partial charge in [0, 0.05) is 44.8 Å². The van der Waals surface area contributed by atoms with Gasteiger partial charge in [-0.3, -0.25) is 14.5 Å². The van der Waals surface area contributed by atoms with E-state index in [1.165, 1.54) is 6.42 Å². The van der Waals surface area contributed by atoms with Crippen LogP contribution in [0.4, 0.5) is 0 Å². The van der Waals surface area contributed by atoms with E-state index in [1.807, 2.05) is 41.8 Å². The van der Waals surface area contributed by atoms with Crippen LogP contribution in [0.5, 0.6) is 5.75 Å². The SMILES string of the molecule is Cc1noc(C)c1COc1cccc(C(=O)N2CCN(CC(=O)N3CCCCC3)CC2)c1. The highest BCUT2D eigenvalue weighted by Crippen LogP contribution is 2.20. The standard InChI is InChI=1S/C24H32N4O4/c1-18-22(19(2)32-25-18)17-31-21-8-6-7-20(15-21)24(30)28-13-11-26(12-14-28)16-23(29)27-9-4-3-5-10-27/h6-8,15H,3-5,9-14,16-17H2,1-2H3. The van der Waals surface area contributed by atoms with Crippen molar-refractivity contribution in [2.45, 2.75) is 39.7 Å². The highest BCUT2D eigenvalue weighted by molar-refractivity contribution is 5.94. The van der Waals surface area contributed by atoms with Gasteiger partial charge in [-0.1, -0.05) is 11.2 Å². The molecule has 0 unspecified atom stereocenters. The minimum atomic E-state index is -0.00482. The van der Waals surface area contributed by atoms with Gasteiger partial charge < -0.3 is 19.1 Å². The van der Waals surface area contributed by atoms with Gasteiger partial charge in [0.15, 0.2) is 0 Å². The number of rotatable bonds is 6. The number of aryl methyl sites for hydroxylation is 2. The molecule has 0 saturated carbocycles. The number of aromatic nitrogens is 1. The summed E-state index contributed by atoms with van der Waals surface area (Å²) >= 11 is 0. The summed E-state index contributed by atoms with van der Waals surface area (Å²) in [4.78, 5) is 31.5. The van der Waals surface area contributed by atoms with Crippen LogP contribution in [0.25, 0.3) is 0 Å². The molecule has 0 aliphatic carbocycles. The summed E-state index contributed by atoms with van der Waals surface area (Å²) in [6, 6.07) is 7.28. The largest absolute Gasteiger partial charge is 0.489 e. The Morgan fingerprint density at radius 1 is 1.00 bits per heavy atom. The van der Waals surface area contributed by atoms with Gasteiger partial charge in [-0.05, 0) is 51.3 Å². The number of piperidine rings is 1. The van der Waals surface area contributed by atoms with Crippen molar-refractivity contribution in [3.05, 3.63) is 46.8 Å². The second kappa shape index (κ2) is 10.2. The maximum absolute atomic E-state index is 13.0. The third kappa shape index (κ3) is 5.30. The molecule has 2 aliphatic heterocycles. The molecule has 1 aromatic carbocycles. The fourth-order valence-corrected chi connectivity index (χ4v) is 4.31. The van der Waals surface area contributed by atoms with Crippen molar-refractivity contribution in [2.75, 3.05) is 45.8 Å². The van der Waals surface area contributed by atoms with Crippen LogP contribution in [0.3, 0.4) is 0 Å². The molecule has 8 nitrogen and oxygen atoms in total. The van der Waals surface area contributed by atoms with E-state index in [1.54, 1.807) is 6.07 Å². The van der Waals surface area contributed by atoms with Crippen LogP contribution in [0.2, 0.25) is 0 Å². The lowest BCUT2D eigenvalue weighted by Crippen LogP contribution is -2.52. The highest BCUT2D eigenvalue weighted by atomic mass is 16.5. The van der Waals surface area contributed by atoms with E-state index in [2.05, 4.69) is 10.1 Å². The highest BCUT2D eigenvalue weighted by Gasteiger charge is 2.25. The number of amides is 2. The Kier molecular flexibility index (Phi) is 7.09. The molecule has 0 atom stereocenters. The molecule has 3 heterocycles. The van der Waals surface area contributed by atoms with Gasteiger partial charge in [0.1, 0.15) is 18.1 Å². The lowest BCUT2D eigenvalue weighted by Gasteiger charge is -2.36. The molecule has 8 heteroatoms. The molecule has 0 radical (unpaired) electrons. The van der Waals surface area contributed by atoms with E-state index >= 15 is 0 Å². The first-order valence-corrected chi connectivity index (χ1v) is 11.5. The first-order valence-electron chi connectivity index (χ1n) is 11.5. The van der Waals surface area contributed by atoms with Crippen LogP contribution in [0, 0.1) is 13.8 Å². The Hall–Kier alpha value is -2.87. The Bertz CT molecular complexity index is 924. The molecule has 2 aromatic rings. The Morgan fingerprint density at radius 2 is 1.75 bits per heavy atom. The van der Waals surface area contributed by atoms with E-state index in [0.717, 1.165) is 42.9 Å². The van der Waals surface area contributed by atoms with E-state index in [9.17, 15) is 9.59 Å². The summed E-state index contributed by atoms with van der Waals surface area (Å²) < 4.78 is 11.1. The van der Waals surface area contributed by atoms with Gasteiger partial charge in [-0.15, -0.1) is 0 Å². The van der Waals surface area contributed by atoms with Crippen molar-refractivity contribution in [3.63, 3.8) is 0 Å². The lowest BCUT2D eigenvalue weighted by molar-refractivity contribution is -0.133. The van der Waals surface area contributed by atoms with Crippen LogP contribution in [-0.4, -0.2) is 77.5 Å². The van der Waals surface area contributed by atoms with Crippen molar-refractivity contribution in [3.8, 4) is 5.75 Å². The number of carbonyl (C=O) groups excluding carboxylic acids is 2. The number of ether oxygens (including phenoxy) is 1. The van der Waals surface area contributed by atoms with Crippen LogP contribution >= 0.6 is 0 Å². The maximum atomic E-state index is 13.0. The predicted molar refractivity (Wildman–Crippen MR) is 120 cm³/mol. The summed E-state index contributed by atoms with van der Waals surface area (Å²) in [6.07, 6.45) is 3.43. The normalized spacial score (nSPS) is 17.4. The zero-order chi connectivity index (χ0) is 22.5. The number of carbonyl (C=O) groups is 2. The second-order valence-electron chi connectivity index (χ2n) is 8.63. The molecule has 0 bridgehead atoms. The van der Waals surface area contributed by atoms with Gasteiger partial charge in [0.25, 0.3) is 5.91 Å². The van der Waals surface area contributed by atoms with Crippen molar-refractivity contribution < 1.29 is 18.8 Å². The van der Waals surface area contributed by atoms with Crippen LogP contribution in [0.1, 0.15) is 46.6 Å². The molecule has 32 heavy (non-hydrogen) atoms. The third-order valence-corrected chi connectivity index (χ3v) is 6.37. The molecule has 2 saturated heterocycles. The molecule has 0 spiro atoms. The average molecular weight is 441 g/mol. The second-order valence-corrected chi connectivity index (χ2v) is 8.63. The molecule has 1 aromatic heterocycles. The van der Waals surface area contributed by atoms with E-state index in [0.29, 0.717) is 50.6 Å². The summed E-state index contributed by atoms with van der Waals surface area (Å²) in [5.41, 5.74) is 2.35. The van der Waals surface area contributed by atoms with Crippen LogP contribution < -0.4 is 4.74 Å². The summed E-state index contributed by atoms with van der Waals surface area (Å²) in [6.45, 7) is 8.98. The number of piperazine rings is 1. The molecular formula is C24H32N4O4. The van der Waals surface area contributed by atoms with E-state index < -0.39 is 0 Å².